The zero-order chi connectivity index (χ0) is 16.0. The smallest absolute Gasteiger partial charge is 0.317 e. The lowest BCUT2D eigenvalue weighted by Gasteiger charge is -2.19. The van der Waals surface area contributed by atoms with Gasteiger partial charge in [0, 0.05) is 11.4 Å². The lowest BCUT2D eigenvalue weighted by Crippen LogP contribution is -2.31. The summed E-state index contributed by atoms with van der Waals surface area (Å²) in [5.41, 5.74) is 0.568. The second kappa shape index (κ2) is 5.49. The van der Waals surface area contributed by atoms with Crippen molar-refractivity contribution < 1.29 is 14.3 Å². The first-order chi connectivity index (χ1) is 10.4. The molecule has 2 aliphatic rings. The highest BCUT2D eigenvalue weighted by molar-refractivity contribution is 7.15. The van der Waals surface area contributed by atoms with Crippen LogP contribution in [0.3, 0.4) is 0 Å². The molecule has 1 aromatic heterocycles. The lowest BCUT2D eigenvalue weighted by atomic mass is 9.89. The number of ether oxygens (including phenoxy) is 2. The van der Waals surface area contributed by atoms with Crippen LogP contribution in [0.2, 0.25) is 0 Å². The van der Waals surface area contributed by atoms with Gasteiger partial charge in [0.05, 0.1) is 25.5 Å². The molecule has 6 heteroatoms. The molecule has 1 aromatic rings. The van der Waals surface area contributed by atoms with Crippen molar-refractivity contribution in [2.24, 2.45) is 5.41 Å². The van der Waals surface area contributed by atoms with Crippen LogP contribution in [0.25, 0.3) is 0 Å². The quantitative estimate of drug-likeness (QED) is 0.844. The maximum atomic E-state index is 11.9. The molecular weight excluding hydrogens is 300 g/mol. The number of esters is 1. The topological polar surface area (TPSA) is 60.5 Å². The van der Waals surface area contributed by atoms with E-state index in [1.165, 1.54) is 20.0 Å². The Morgan fingerprint density at radius 1 is 1.55 bits per heavy atom. The number of nitrogens with one attached hydrogen (secondary N) is 1. The summed E-state index contributed by atoms with van der Waals surface area (Å²) in [7, 11) is 1.41. The van der Waals surface area contributed by atoms with E-state index in [1.54, 1.807) is 11.3 Å². The van der Waals surface area contributed by atoms with Crippen molar-refractivity contribution in [3.05, 3.63) is 10.6 Å². The first-order valence-corrected chi connectivity index (χ1v) is 8.60. The lowest BCUT2D eigenvalue weighted by molar-refractivity contribution is -0.146. The van der Waals surface area contributed by atoms with Crippen molar-refractivity contribution in [2.75, 3.05) is 25.6 Å². The van der Waals surface area contributed by atoms with Crippen molar-refractivity contribution in [1.82, 2.24) is 4.98 Å². The number of carbonyl (C=O) groups excluding carboxylic acids is 1. The molecule has 22 heavy (non-hydrogen) atoms. The van der Waals surface area contributed by atoms with E-state index in [0.29, 0.717) is 5.41 Å². The van der Waals surface area contributed by atoms with E-state index in [-0.39, 0.29) is 12.1 Å². The van der Waals surface area contributed by atoms with Crippen LogP contribution in [0, 0.1) is 12.3 Å². The largest absolute Gasteiger partial charge is 0.468 e. The van der Waals surface area contributed by atoms with Gasteiger partial charge in [-0.25, -0.2) is 4.98 Å². The van der Waals surface area contributed by atoms with E-state index in [9.17, 15) is 4.79 Å². The minimum absolute atomic E-state index is 0.262. The molecule has 0 radical (unpaired) electrons. The summed E-state index contributed by atoms with van der Waals surface area (Å²) in [6.45, 7) is 7.39. The highest BCUT2D eigenvalue weighted by Crippen LogP contribution is 2.53. The van der Waals surface area contributed by atoms with E-state index in [2.05, 4.69) is 10.3 Å². The number of rotatable bonds is 5. The Morgan fingerprint density at radius 2 is 2.27 bits per heavy atom. The summed E-state index contributed by atoms with van der Waals surface area (Å²) in [6, 6.07) is 0. The molecular formula is C16H24N2O3S. The van der Waals surface area contributed by atoms with Crippen LogP contribution in [0.1, 0.15) is 43.7 Å². The molecule has 3 rings (SSSR count). The Morgan fingerprint density at radius 3 is 2.86 bits per heavy atom. The van der Waals surface area contributed by atoms with Gasteiger partial charge in [-0.15, -0.1) is 11.3 Å². The zero-order valence-electron chi connectivity index (χ0n) is 13.7. The predicted octanol–water partition coefficient (Wildman–Crippen LogP) is 2.88. The number of carbonyl (C=O) groups is 1. The Hall–Kier alpha value is -1.14. The van der Waals surface area contributed by atoms with Crippen molar-refractivity contribution in [3.63, 3.8) is 0 Å². The van der Waals surface area contributed by atoms with E-state index in [4.69, 9.17) is 9.47 Å². The number of aryl methyl sites for hydroxylation is 1. The SMILES string of the molecule is COC(=O)C(C)(C)c1nc(NCC2CC3(CC3)CO2)sc1C. The van der Waals surface area contributed by atoms with E-state index in [0.717, 1.165) is 35.3 Å². The van der Waals surface area contributed by atoms with Gasteiger partial charge in [0.15, 0.2) is 5.13 Å². The molecule has 1 aliphatic carbocycles. The number of methoxy groups -OCH3 is 1. The minimum atomic E-state index is -0.725. The van der Waals surface area contributed by atoms with Gasteiger partial charge in [0.2, 0.25) is 0 Å². The molecule has 1 saturated heterocycles. The van der Waals surface area contributed by atoms with E-state index < -0.39 is 5.41 Å². The fourth-order valence-corrected chi connectivity index (χ4v) is 4.14. The Bertz CT molecular complexity index is 578. The average Bonchev–Trinajstić information content (AvgIpc) is 2.93. The molecule has 1 spiro atoms. The van der Waals surface area contributed by atoms with Crippen LogP contribution in [0.5, 0.6) is 0 Å². The molecule has 1 aliphatic heterocycles. The van der Waals surface area contributed by atoms with Gasteiger partial charge in [-0.2, -0.15) is 0 Å². The maximum Gasteiger partial charge on any atom is 0.317 e. The van der Waals surface area contributed by atoms with Crippen molar-refractivity contribution in [2.45, 2.75) is 51.6 Å². The highest BCUT2D eigenvalue weighted by Gasteiger charge is 2.49. The molecule has 0 aromatic carbocycles. The van der Waals surface area contributed by atoms with Gasteiger partial charge >= 0.3 is 5.97 Å². The monoisotopic (exact) mass is 324 g/mol. The summed E-state index contributed by atoms with van der Waals surface area (Å²) < 4.78 is 10.7. The number of hydrogen-bond acceptors (Lipinski definition) is 6. The molecule has 122 valence electrons. The third-order valence-corrected chi connectivity index (χ3v) is 5.74. The molecule has 0 amide bonds. The van der Waals surface area contributed by atoms with Gasteiger partial charge in [-0.05, 0) is 45.4 Å². The van der Waals surface area contributed by atoms with Crippen LogP contribution in [-0.4, -0.2) is 37.3 Å². The second-order valence-corrected chi connectivity index (χ2v) is 8.26. The summed E-state index contributed by atoms with van der Waals surface area (Å²) in [4.78, 5) is 17.6. The second-order valence-electron chi connectivity index (χ2n) is 7.06. The van der Waals surface area contributed by atoms with Gasteiger partial charge in [0.1, 0.15) is 5.41 Å². The number of anilines is 1. The fourth-order valence-electron chi connectivity index (χ4n) is 3.16. The standard InChI is InChI=1S/C16H24N2O3S/c1-10-12(15(2,3)13(19)20-4)18-14(22-10)17-8-11-7-16(5-6-16)9-21-11/h11H,5-9H2,1-4H3,(H,17,18). The van der Waals surface area contributed by atoms with Gasteiger partial charge < -0.3 is 14.8 Å². The molecule has 1 N–H and O–H groups in total. The van der Waals surface area contributed by atoms with Crippen LogP contribution < -0.4 is 5.32 Å². The van der Waals surface area contributed by atoms with Crippen LogP contribution in [-0.2, 0) is 19.7 Å². The molecule has 1 atom stereocenters. The third-order valence-electron chi connectivity index (χ3n) is 4.81. The molecule has 5 nitrogen and oxygen atoms in total. The summed E-state index contributed by atoms with van der Waals surface area (Å²) in [6.07, 6.45) is 4.07. The average molecular weight is 324 g/mol. The first-order valence-electron chi connectivity index (χ1n) is 7.78. The van der Waals surface area contributed by atoms with Gasteiger partial charge in [0.25, 0.3) is 0 Å². The van der Waals surface area contributed by atoms with Crippen LogP contribution >= 0.6 is 11.3 Å². The van der Waals surface area contributed by atoms with E-state index in [1.807, 2.05) is 20.8 Å². The third kappa shape index (κ3) is 2.86. The predicted molar refractivity (Wildman–Crippen MR) is 86.4 cm³/mol. The van der Waals surface area contributed by atoms with Crippen molar-refractivity contribution >= 4 is 22.4 Å². The van der Waals surface area contributed by atoms with Crippen molar-refractivity contribution in [1.29, 1.82) is 0 Å². The Balaban J connectivity index is 1.63. The minimum Gasteiger partial charge on any atom is -0.468 e. The van der Waals surface area contributed by atoms with Crippen molar-refractivity contribution in [3.8, 4) is 0 Å². The Kier molecular flexibility index (Phi) is 3.93. The van der Waals surface area contributed by atoms with Crippen LogP contribution in [0.4, 0.5) is 5.13 Å². The maximum absolute atomic E-state index is 11.9. The number of aromatic nitrogens is 1. The van der Waals surface area contributed by atoms with Gasteiger partial charge in [-0.3, -0.25) is 4.79 Å². The summed E-state index contributed by atoms with van der Waals surface area (Å²) >= 11 is 1.58. The number of nitrogens with zero attached hydrogens (tertiary/aromatic N) is 1. The molecule has 2 heterocycles. The molecule has 1 unspecified atom stereocenters. The molecule has 2 fully saturated rings. The molecule has 0 bridgehead atoms. The number of thiazole rings is 1. The molecule has 1 saturated carbocycles. The summed E-state index contributed by atoms with van der Waals surface area (Å²) in [5.74, 6) is -0.262. The van der Waals surface area contributed by atoms with Gasteiger partial charge in [-0.1, -0.05) is 0 Å². The Labute approximate surface area is 135 Å². The highest BCUT2D eigenvalue weighted by atomic mass is 32.1. The normalized spacial score (nSPS) is 22.8. The number of hydrogen-bond donors (Lipinski definition) is 1. The van der Waals surface area contributed by atoms with Crippen LogP contribution in [0.15, 0.2) is 0 Å². The zero-order valence-corrected chi connectivity index (χ0v) is 14.5. The fraction of sp³-hybridized carbons (Fsp3) is 0.750. The van der Waals surface area contributed by atoms with E-state index >= 15 is 0 Å². The summed E-state index contributed by atoms with van der Waals surface area (Å²) in [5, 5.41) is 4.22. The first kappa shape index (κ1) is 15.7.